The predicted octanol–water partition coefficient (Wildman–Crippen LogP) is 16.4. The Morgan fingerprint density at radius 3 is 1.08 bits per heavy atom. The standard InChI is InChI=1S/C56H110N2O5/c1-6-11-16-21-24-31-41-52(39-29-19-14-9-4)50-62-55(60)44-33-27-36-47-58(49-38-43-54(59)57-46-35-26-23-18-13-8-3)48-37-28-34-45-56(61)63-51-53(40-30-20-15-10-5)42-32-25-22-17-12-7-2/h52-53H,6-51H2,1-5H3,(H,57,59). The zero-order chi connectivity index (χ0) is 46.1. The number of esters is 2. The second-order valence-electron chi connectivity index (χ2n) is 19.6. The van der Waals surface area contributed by atoms with Crippen LogP contribution in [0.3, 0.4) is 0 Å². The lowest BCUT2D eigenvalue weighted by atomic mass is 9.95. The van der Waals surface area contributed by atoms with Gasteiger partial charge in [0.15, 0.2) is 0 Å². The van der Waals surface area contributed by atoms with Gasteiger partial charge in [-0.3, -0.25) is 14.4 Å². The fourth-order valence-electron chi connectivity index (χ4n) is 8.92. The van der Waals surface area contributed by atoms with Crippen LogP contribution in [0.4, 0.5) is 0 Å². The number of rotatable bonds is 51. The number of carbonyl (C=O) groups excluding carboxylic acids is 3. The third-order valence-corrected chi connectivity index (χ3v) is 13.3. The van der Waals surface area contributed by atoms with Crippen LogP contribution in [0, 0.1) is 11.8 Å². The van der Waals surface area contributed by atoms with Gasteiger partial charge in [0.25, 0.3) is 0 Å². The highest BCUT2D eigenvalue weighted by molar-refractivity contribution is 5.75. The fraction of sp³-hybridized carbons (Fsp3) is 0.946. The van der Waals surface area contributed by atoms with E-state index < -0.39 is 0 Å². The molecule has 63 heavy (non-hydrogen) atoms. The molecule has 2 atom stereocenters. The number of amides is 1. The molecule has 7 nitrogen and oxygen atoms in total. The molecular formula is C56H110N2O5. The van der Waals surface area contributed by atoms with E-state index in [1.807, 2.05) is 0 Å². The summed E-state index contributed by atoms with van der Waals surface area (Å²) in [6.07, 6.45) is 46.3. The van der Waals surface area contributed by atoms with Crippen molar-refractivity contribution in [3.05, 3.63) is 0 Å². The molecule has 0 aromatic heterocycles. The van der Waals surface area contributed by atoms with Gasteiger partial charge in [0, 0.05) is 25.8 Å². The molecule has 7 heteroatoms. The Morgan fingerprint density at radius 2 is 0.683 bits per heavy atom. The van der Waals surface area contributed by atoms with E-state index in [1.165, 1.54) is 186 Å². The minimum atomic E-state index is -0.0286. The molecule has 0 aromatic rings. The number of unbranched alkanes of at least 4 members (excludes halogenated alkanes) is 25. The topological polar surface area (TPSA) is 84.9 Å². The number of nitrogens with zero attached hydrogens (tertiary/aromatic N) is 1. The van der Waals surface area contributed by atoms with Crippen molar-refractivity contribution >= 4 is 17.8 Å². The average Bonchev–Trinajstić information content (AvgIpc) is 3.28. The Hall–Kier alpha value is -1.63. The molecule has 0 bridgehead atoms. The summed E-state index contributed by atoms with van der Waals surface area (Å²) in [7, 11) is 0. The SMILES string of the molecule is CCCCCCCCNC(=O)CCCN(CCCCCC(=O)OCC(CCCCCC)CCCCCCCC)CCCCCC(=O)OCC(CCCCCC)CCCCCCCC. The van der Waals surface area contributed by atoms with Crippen molar-refractivity contribution < 1.29 is 23.9 Å². The molecule has 1 amide bonds. The van der Waals surface area contributed by atoms with Gasteiger partial charge in [-0.1, -0.05) is 208 Å². The van der Waals surface area contributed by atoms with Crippen LogP contribution in [0.15, 0.2) is 0 Å². The summed E-state index contributed by atoms with van der Waals surface area (Å²) in [5, 5.41) is 3.15. The van der Waals surface area contributed by atoms with Gasteiger partial charge in [-0.05, 0) is 95.7 Å². The second kappa shape index (κ2) is 49.8. The number of nitrogens with one attached hydrogen (secondary N) is 1. The van der Waals surface area contributed by atoms with E-state index >= 15 is 0 Å². The van der Waals surface area contributed by atoms with E-state index in [0.29, 0.717) is 44.3 Å². The van der Waals surface area contributed by atoms with Crippen LogP contribution >= 0.6 is 0 Å². The first-order valence-corrected chi connectivity index (χ1v) is 28.2. The Balaban J connectivity index is 4.80. The molecule has 374 valence electrons. The lowest BCUT2D eigenvalue weighted by Crippen LogP contribution is -2.29. The molecule has 0 spiro atoms. The van der Waals surface area contributed by atoms with Crippen molar-refractivity contribution in [1.82, 2.24) is 10.2 Å². The van der Waals surface area contributed by atoms with E-state index in [4.69, 9.17) is 9.47 Å². The smallest absolute Gasteiger partial charge is 0.305 e. The summed E-state index contributed by atoms with van der Waals surface area (Å²) < 4.78 is 11.7. The molecule has 0 heterocycles. The highest BCUT2D eigenvalue weighted by Gasteiger charge is 2.15. The normalized spacial score (nSPS) is 12.5. The van der Waals surface area contributed by atoms with Crippen LogP contribution in [-0.2, 0) is 23.9 Å². The van der Waals surface area contributed by atoms with E-state index in [2.05, 4.69) is 44.8 Å². The second-order valence-corrected chi connectivity index (χ2v) is 19.6. The van der Waals surface area contributed by atoms with Crippen LogP contribution in [0.1, 0.15) is 291 Å². The lowest BCUT2D eigenvalue weighted by Gasteiger charge is -2.22. The van der Waals surface area contributed by atoms with Crippen LogP contribution in [0.5, 0.6) is 0 Å². The van der Waals surface area contributed by atoms with Gasteiger partial charge in [-0.15, -0.1) is 0 Å². The highest BCUT2D eigenvalue weighted by atomic mass is 16.5. The van der Waals surface area contributed by atoms with E-state index in [9.17, 15) is 14.4 Å². The number of hydrogen-bond donors (Lipinski definition) is 1. The van der Waals surface area contributed by atoms with E-state index in [0.717, 1.165) is 77.5 Å². The number of hydrogen-bond acceptors (Lipinski definition) is 6. The maximum atomic E-state index is 12.8. The molecular weight excluding hydrogens is 781 g/mol. The molecule has 1 N–H and O–H groups in total. The van der Waals surface area contributed by atoms with Gasteiger partial charge < -0.3 is 19.7 Å². The molecule has 0 fully saturated rings. The first kappa shape index (κ1) is 61.4. The minimum absolute atomic E-state index is 0.0286. The van der Waals surface area contributed by atoms with Gasteiger partial charge in [-0.25, -0.2) is 0 Å². The van der Waals surface area contributed by atoms with Crippen molar-refractivity contribution in [3.8, 4) is 0 Å². The first-order chi connectivity index (χ1) is 30.9. The van der Waals surface area contributed by atoms with Gasteiger partial charge >= 0.3 is 11.9 Å². The van der Waals surface area contributed by atoms with Gasteiger partial charge in [0.1, 0.15) is 0 Å². The monoisotopic (exact) mass is 891 g/mol. The molecule has 0 saturated carbocycles. The Kier molecular flexibility index (Phi) is 48.5. The van der Waals surface area contributed by atoms with Crippen LogP contribution in [0.25, 0.3) is 0 Å². The third-order valence-electron chi connectivity index (χ3n) is 13.3. The molecule has 0 radical (unpaired) electrons. The van der Waals surface area contributed by atoms with Crippen molar-refractivity contribution in [1.29, 1.82) is 0 Å². The zero-order valence-electron chi connectivity index (χ0n) is 43.2. The van der Waals surface area contributed by atoms with Crippen LogP contribution < -0.4 is 5.32 Å². The third kappa shape index (κ3) is 45.3. The van der Waals surface area contributed by atoms with Crippen molar-refractivity contribution in [2.24, 2.45) is 11.8 Å². The highest BCUT2D eigenvalue weighted by Crippen LogP contribution is 2.22. The van der Waals surface area contributed by atoms with Gasteiger partial charge in [-0.2, -0.15) is 0 Å². The summed E-state index contributed by atoms with van der Waals surface area (Å²) in [5.74, 6) is 1.13. The van der Waals surface area contributed by atoms with Crippen molar-refractivity contribution in [2.45, 2.75) is 291 Å². The predicted molar refractivity (Wildman–Crippen MR) is 271 cm³/mol. The first-order valence-electron chi connectivity index (χ1n) is 28.2. The fourth-order valence-corrected chi connectivity index (χ4v) is 8.92. The molecule has 0 rings (SSSR count). The average molecular weight is 892 g/mol. The van der Waals surface area contributed by atoms with Gasteiger partial charge in [0.05, 0.1) is 13.2 Å². The molecule has 0 saturated heterocycles. The van der Waals surface area contributed by atoms with E-state index in [1.54, 1.807) is 0 Å². The lowest BCUT2D eigenvalue weighted by molar-refractivity contribution is -0.146. The van der Waals surface area contributed by atoms with Crippen molar-refractivity contribution in [2.75, 3.05) is 39.4 Å². The maximum absolute atomic E-state index is 12.8. The maximum Gasteiger partial charge on any atom is 0.305 e. The quantitative estimate of drug-likeness (QED) is 0.0484. The number of ether oxygens (including phenoxy) is 2. The molecule has 2 unspecified atom stereocenters. The van der Waals surface area contributed by atoms with Crippen LogP contribution in [0.2, 0.25) is 0 Å². The van der Waals surface area contributed by atoms with Crippen LogP contribution in [-0.4, -0.2) is 62.1 Å². The molecule has 0 aliphatic rings. The molecule has 0 aromatic carbocycles. The number of carbonyl (C=O) groups is 3. The molecule has 0 aliphatic heterocycles. The summed E-state index contributed by atoms with van der Waals surface area (Å²) in [4.78, 5) is 40.7. The van der Waals surface area contributed by atoms with Crippen molar-refractivity contribution in [3.63, 3.8) is 0 Å². The summed E-state index contributed by atoms with van der Waals surface area (Å²) >= 11 is 0. The van der Waals surface area contributed by atoms with E-state index in [-0.39, 0.29) is 17.8 Å². The molecule has 0 aliphatic carbocycles. The Morgan fingerprint density at radius 1 is 0.365 bits per heavy atom. The largest absolute Gasteiger partial charge is 0.465 e. The summed E-state index contributed by atoms with van der Waals surface area (Å²) in [6, 6.07) is 0. The Bertz CT molecular complexity index is 917. The summed E-state index contributed by atoms with van der Waals surface area (Å²) in [5.41, 5.74) is 0. The summed E-state index contributed by atoms with van der Waals surface area (Å²) in [6.45, 7) is 16.1. The zero-order valence-corrected chi connectivity index (χ0v) is 43.2. The van der Waals surface area contributed by atoms with Gasteiger partial charge in [0.2, 0.25) is 5.91 Å². The minimum Gasteiger partial charge on any atom is -0.465 e. The Labute approximate surface area is 393 Å².